The number of carbonyl (C=O) groups is 1. The molecular formula is C22H25NO2. The zero-order valence-corrected chi connectivity index (χ0v) is 15.5. The van der Waals surface area contributed by atoms with Crippen molar-refractivity contribution in [2.45, 2.75) is 39.5 Å². The number of benzene rings is 2. The van der Waals surface area contributed by atoms with Gasteiger partial charge in [0.15, 0.2) is 0 Å². The molecule has 0 saturated heterocycles. The van der Waals surface area contributed by atoms with Crippen LogP contribution in [0.25, 0.3) is 11.6 Å². The molecule has 0 atom stereocenters. The maximum absolute atomic E-state index is 12.4. The zero-order chi connectivity index (χ0) is 18.1. The van der Waals surface area contributed by atoms with Gasteiger partial charge in [0.1, 0.15) is 5.75 Å². The van der Waals surface area contributed by atoms with Crippen LogP contribution in [0.3, 0.4) is 0 Å². The molecule has 25 heavy (non-hydrogen) atoms. The molecule has 130 valence electrons. The first-order valence-corrected chi connectivity index (χ1v) is 8.76. The fraction of sp³-hybridized carbons (Fsp3) is 0.318. The summed E-state index contributed by atoms with van der Waals surface area (Å²) < 4.78 is 5.70. The summed E-state index contributed by atoms with van der Waals surface area (Å²) in [4.78, 5) is 12.4. The quantitative estimate of drug-likeness (QED) is 0.756. The Morgan fingerprint density at radius 2 is 1.60 bits per heavy atom. The predicted octanol–water partition coefficient (Wildman–Crippen LogP) is 5.43. The van der Waals surface area contributed by atoms with Crippen LogP contribution < -0.4 is 10.1 Å². The summed E-state index contributed by atoms with van der Waals surface area (Å²) in [5.41, 5.74) is 5.93. The van der Waals surface area contributed by atoms with Crippen LogP contribution in [-0.2, 0) is 4.79 Å². The molecule has 1 aliphatic rings. The Labute approximate surface area is 149 Å². The Morgan fingerprint density at radius 3 is 2.16 bits per heavy atom. The molecule has 3 rings (SSSR count). The molecule has 1 N–H and O–H groups in total. The Kier molecular flexibility index (Phi) is 4.67. The number of anilines is 1. The Balaban J connectivity index is 2.17. The Hall–Kier alpha value is -2.55. The van der Waals surface area contributed by atoms with Crippen molar-refractivity contribution in [2.75, 3.05) is 12.4 Å². The monoisotopic (exact) mass is 335 g/mol. The van der Waals surface area contributed by atoms with Crippen LogP contribution in [0, 0.1) is 0 Å². The maximum atomic E-state index is 12.4. The van der Waals surface area contributed by atoms with E-state index in [4.69, 9.17) is 4.74 Å². The lowest BCUT2D eigenvalue weighted by Gasteiger charge is -2.19. The molecule has 0 fully saturated rings. The molecule has 3 nitrogen and oxygen atoms in total. The van der Waals surface area contributed by atoms with Crippen LogP contribution in [0.1, 0.15) is 61.8 Å². The van der Waals surface area contributed by atoms with Crippen molar-refractivity contribution >= 4 is 23.2 Å². The average Bonchev–Trinajstić information content (AvgIpc) is 2.89. The van der Waals surface area contributed by atoms with Crippen molar-refractivity contribution in [3.05, 3.63) is 58.7 Å². The van der Waals surface area contributed by atoms with Gasteiger partial charge in [0.2, 0.25) is 0 Å². The number of methoxy groups -OCH3 is 1. The number of carbonyl (C=O) groups excluding carboxylic acids is 1. The molecule has 0 radical (unpaired) electrons. The van der Waals surface area contributed by atoms with Crippen molar-refractivity contribution < 1.29 is 9.53 Å². The van der Waals surface area contributed by atoms with Gasteiger partial charge >= 0.3 is 0 Å². The topological polar surface area (TPSA) is 38.3 Å². The molecule has 3 heteroatoms. The lowest BCUT2D eigenvalue weighted by molar-refractivity contribution is -0.110. The summed E-state index contributed by atoms with van der Waals surface area (Å²) >= 11 is 0. The number of hydrogen-bond donors (Lipinski definition) is 1. The Morgan fingerprint density at radius 1 is 1.00 bits per heavy atom. The summed E-state index contributed by atoms with van der Waals surface area (Å²) in [6.45, 7) is 8.65. The molecule has 1 aliphatic heterocycles. The van der Waals surface area contributed by atoms with Crippen molar-refractivity contribution in [3.8, 4) is 5.75 Å². The molecule has 2 aromatic carbocycles. The van der Waals surface area contributed by atoms with Crippen LogP contribution in [0.5, 0.6) is 5.75 Å². The number of fused-ring (bicyclic) bond motifs is 1. The zero-order valence-electron chi connectivity index (χ0n) is 15.5. The van der Waals surface area contributed by atoms with Crippen LogP contribution >= 0.6 is 0 Å². The highest BCUT2D eigenvalue weighted by molar-refractivity contribution is 6.34. The second-order valence-electron chi connectivity index (χ2n) is 7.10. The Bertz CT molecular complexity index is 818. The molecule has 0 aromatic heterocycles. The third-order valence-electron chi connectivity index (χ3n) is 4.64. The second kappa shape index (κ2) is 6.75. The van der Waals surface area contributed by atoms with Crippen molar-refractivity contribution in [1.29, 1.82) is 0 Å². The standard InChI is InChI=1S/C22H25NO2/c1-13(2)17-10-15(11-18(14(3)4)21(17)25-5)12-19-16-8-6-7-9-20(16)23-22(19)24/h6-14H,1-5H3,(H,23,24)/b19-12-. The molecule has 0 unspecified atom stereocenters. The fourth-order valence-electron chi connectivity index (χ4n) is 3.32. The van der Waals surface area contributed by atoms with E-state index in [2.05, 4.69) is 45.1 Å². The van der Waals surface area contributed by atoms with Crippen molar-refractivity contribution in [3.63, 3.8) is 0 Å². The highest BCUT2D eigenvalue weighted by Gasteiger charge is 2.24. The molecule has 0 spiro atoms. The first kappa shape index (κ1) is 17.3. The number of amides is 1. The number of ether oxygens (including phenoxy) is 1. The van der Waals surface area contributed by atoms with E-state index in [9.17, 15) is 4.79 Å². The fourth-order valence-corrected chi connectivity index (χ4v) is 3.32. The van der Waals surface area contributed by atoms with Crippen molar-refractivity contribution in [1.82, 2.24) is 0 Å². The lowest BCUT2D eigenvalue weighted by atomic mass is 9.90. The van der Waals surface area contributed by atoms with Gasteiger partial charge in [0.25, 0.3) is 5.91 Å². The molecule has 0 aliphatic carbocycles. The highest BCUT2D eigenvalue weighted by Crippen LogP contribution is 2.38. The van der Waals surface area contributed by atoms with Gasteiger partial charge in [-0.1, -0.05) is 45.9 Å². The lowest BCUT2D eigenvalue weighted by Crippen LogP contribution is -2.04. The molecule has 2 aromatic rings. The van der Waals surface area contributed by atoms with Crippen LogP contribution in [0.4, 0.5) is 5.69 Å². The van der Waals surface area contributed by atoms with E-state index in [1.165, 1.54) is 11.1 Å². The van der Waals surface area contributed by atoms with Gasteiger partial charge in [-0.25, -0.2) is 0 Å². The third-order valence-corrected chi connectivity index (χ3v) is 4.64. The van der Waals surface area contributed by atoms with Crippen LogP contribution in [0.2, 0.25) is 0 Å². The highest BCUT2D eigenvalue weighted by atomic mass is 16.5. The van der Waals surface area contributed by atoms with Crippen LogP contribution in [-0.4, -0.2) is 13.0 Å². The largest absolute Gasteiger partial charge is 0.496 e. The van der Waals surface area contributed by atoms with E-state index in [-0.39, 0.29) is 5.91 Å². The minimum atomic E-state index is -0.0470. The number of para-hydroxylation sites is 1. The van der Waals surface area contributed by atoms with Gasteiger partial charge in [-0.15, -0.1) is 0 Å². The molecule has 0 bridgehead atoms. The molecule has 0 saturated carbocycles. The normalized spacial score (nSPS) is 15.0. The predicted molar refractivity (Wildman–Crippen MR) is 104 cm³/mol. The van der Waals surface area contributed by atoms with E-state index in [0.29, 0.717) is 17.4 Å². The minimum absolute atomic E-state index is 0.0470. The van der Waals surface area contributed by atoms with Crippen molar-refractivity contribution in [2.24, 2.45) is 0 Å². The van der Waals surface area contributed by atoms with Crippen LogP contribution in [0.15, 0.2) is 36.4 Å². The SMILES string of the molecule is COc1c(C(C)C)cc(/C=C2\C(=O)Nc3ccccc32)cc1C(C)C. The van der Waals surface area contributed by atoms with Gasteiger partial charge in [-0.2, -0.15) is 0 Å². The second-order valence-corrected chi connectivity index (χ2v) is 7.10. The van der Waals surface area contributed by atoms with E-state index >= 15 is 0 Å². The maximum Gasteiger partial charge on any atom is 0.256 e. The minimum Gasteiger partial charge on any atom is -0.496 e. The van der Waals surface area contributed by atoms with E-state index in [1.54, 1.807) is 7.11 Å². The van der Waals surface area contributed by atoms with E-state index < -0.39 is 0 Å². The summed E-state index contributed by atoms with van der Waals surface area (Å²) in [6.07, 6.45) is 1.98. The third kappa shape index (κ3) is 3.19. The molecule has 1 heterocycles. The van der Waals surface area contributed by atoms with E-state index in [1.807, 2.05) is 30.3 Å². The number of hydrogen-bond acceptors (Lipinski definition) is 2. The summed E-state index contributed by atoms with van der Waals surface area (Å²) in [5, 5.41) is 2.93. The molecule has 1 amide bonds. The average molecular weight is 335 g/mol. The van der Waals surface area contributed by atoms with Gasteiger partial charge in [0, 0.05) is 16.8 Å². The number of nitrogens with one attached hydrogen (secondary N) is 1. The number of rotatable bonds is 4. The first-order chi connectivity index (χ1) is 11.9. The summed E-state index contributed by atoms with van der Waals surface area (Å²) in [6, 6.07) is 12.1. The first-order valence-electron chi connectivity index (χ1n) is 8.76. The van der Waals surface area contributed by atoms with E-state index in [0.717, 1.165) is 22.6 Å². The van der Waals surface area contributed by atoms with Gasteiger partial charge in [0.05, 0.1) is 7.11 Å². The van der Waals surface area contributed by atoms with Gasteiger partial charge in [-0.05, 0) is 52.8 Å². The van der Waals surface area contributed by atoms with Gasteiger partial charge in [-0.3, -0.25) is 4.79 Å². The summed E-state index contributed by atoms with van der Waals surface area (Å²) in [7, 11) is 1.73. The summed E-state index contributed by atoms with van der Waals surface area (Å²) in [5.74, 6) is 1.60. The molecular weight excluding hydrogens is 310 g/mol. The smallest absolute Gasteiger partial charge is 0.256 e. The van der Waals surface area contributed by atoms with Gasteiger partial charge < -0.3 is 10.1 Å².